The third-order valence-corrected chi connectivity index (χ3v) is 2.71. The lowest BCUT2D eigenvalue weighted by atomic mass is 10.1. The van der Waals surface area contributed by atoms with Crippen LogP contribution < -0.4 is 4.74 Å². The molecular weight excluding hydrogens is 208 g/mol. The van der Waals surface area contributed by atoms with Gasteiger partial charge in [-0.3, -0.25) is 4.79 Å². The molecule has 0 radical (unpaired) electrons. The van der Waals surface area contributed by atoms with Crippen molar-refractivity contribution in [3.8, 4) is 5.75 Å². The van der Waals surface area contributed by atoms with Gasteiger partial charge in [-0.15, -0.1) is 6.58 Å². The highest BCUT2D eigenvalue weighted by molar-refractivity contribution is 8.13. The zero-order valence-electron chi connectivity index (χ0n) is 8.73. The lowest BCUT2D eigenvalue weighted by Crippen LogP contribution is -1.98. The summed E-state index contributed by atoms with van der Waals surface area (Å²) >= 11 is 1.29. The minimum atomic E-state index is 0.156. The normalized spacial score (nSPS) is 9.67. The van der Waals surface area contributed by atoms with Gasteiger partial charge in [0.05, 0.1) is 7.11 Å². The number of thioether (sulfide) groups is 1. The Labute approximate surface area is 94.3 Å². The Morgan fingerprint density at radius 1 is 1.60 bits per heavy atom. The zero-order valence-corrected chi connectivity index (χ0v) is 9.55. The molecule has 0 saturated carbocycles. The second kappa shape index (κ2) is 6.30. The molecule has 0 aliphatic rings. The van der Waals surface area contributed by atoms with Gasteiger partial charge in [-0.05, 0) is 17.7 Å². The summed E-state index contributed by atoms with van der Waals surface area (Å²) in [4.78, 5) is 11.4. The highest BCUT2D eigenvalue weighted by Gasteiger charge is 2.03. The molecule has 0 atom stereocenters. The van der Waals surface area contributed by atoms with Crippen LogP contribution in [0, 0.1) is 0 Å². The molecule has 0 spiro atoms. The van der Waals surface area contributed by atoms with Crippen LogP contribution in [0.25, 0.3) is 0 Å². The summed E-state index contributed by atoms with van der Waals surface area (Å²) in [5, 5.41) is 0.156. The number of rotatable bonds is 5. The van der Waals surface area contributed by atoms with E-state index < -0.39 is 0 Å². The van der Waals surface area contributed by atoms with E-state index in [1.807, 2.05) is 24.3 Å². The number of methoxy groups -OCH3 is 1. The van der Waals surface area contributed by atoms with Gasteiger partial charge in [-0.2, -0.15) is 0 Å². The third kappa shape index (κ3) is 4.21. The Hall–Kier alpha value is -1.22. The molecule has 0 aliphatic heterocycles. The van der Waals surface area contributed by atoms with Crippen molar-refractivity contribution in [3.05, 3.63) is 42.5 Å². The van der Waals surface area contributed by atoms with E-state index in [1.165, 1.54) is 11.8 Å². The van der Waals surface area contributed by atoms with Crippen LogP contribution in [0.3, 0.4) is 0 Å². The quantitative estimate of drug-likeness (QED) is 0.716. The number of ether oxygens (including phenoxy) is 1. The van der Waals surface area contributed by atoms with Crippen molar-refractivity contribution in [2.24, 2.45) is 0 Å². The van der Waals surface area contributed by atoms with Gasteiger partial charge < -0.3 is 4.74 Å². The average molecular weight is 222 g/mol. The Morgan fingerprint density at radius 3 is 3.07 bits per heavy atom. The summed E-state index contributed by atoms with van der Waals surface area (Å²) in [7, 11) is 1.62. The maximum atomic E-state index is 11.4. The Balaban J connectivity index is 2.55. The van der Waals surface area contributed by atoms with Crippen molar-refractivity contribution >= 4 is 16.9 Å². The molecule has 2 nitrogen and oxygen atoms in total. The van der Waals surface area contributed by atoms with Crippen molar-refractivity contribution < 1.29 is 9.53 Å². The maximum Gasteiger partial charge on any atom is 0.193 e. The molecule has 15 heavy (non-hydrogen) atoms. The van der Waals surface area contributed by atoms with E-state index in [9.17, 15) is 4.79 Å². The molecule has 0 fully saturated rings. The number of hydrogen-bond acceptors (Lipinski definition) is 3. The van der Waals surface area contributed by atoms with Crippen molar-refractivity contribution in [3.63, 3.8) is 0 Å². The molecule has 1 aromatic rings. The van der Waals surface area contributed by atoms with Crippen molar-refractivity contribution in [2.75, 3.05) is 12.9 Å². The molecule has 0 amide bonds. The van der Waals surface area contributed by atoms with E-state index in [0.29, 0.717) is 12.2 Å². The van der Waals surface area contributed by atoms with Crippen LogP contribution in [0.2, 0.25) is 0 Å². The zero-order chi connectivity index (χ0) is 11.1. The molecular formula is C12H14O2S. The molecule has 0 bridgehead atoms. The minimum Gasteiger partial charge on any atom is -0.497 e. The largest absolute Gasteiger partial charge is 0.497 e. The van der Waals surface area contributed by atoms with Crippen molar-refractivity contribution in [1.82, 2.24) is 0 Å². The minimum absolute atomic E-state index is 0.156. The number of carbonyl (C=O) groups excluding carboxylic acids is 1. The van der Waals surface area contributed by atoms with Crippen LogP contribution in [0.15, 0.2) is 36.9 Å². The van der Waals surface area contributed by atoms with Gasteiger partial charge in [0.15, 0.2) is 5.12 Å². The van der Waals surface area contributed by atoms with E-state index in [2.05, 4.69) is 6.58 Å². The molecule has 1 rings (SSSR count). The molecule has 0 aromatic heterocycles. The molecule has 0 saturated heterocycles. The fourth-order valence-electron chi connectivity index (χ4n) is 1.15. The van der Waals surface area contributed by atoms with E-state index >= 15 is 0 Å². The number of carbonyl (C=O) groups is 1. The second-order valence-corrected chi connectivity index (χ2v) is 4.08. The predicted molar refractivity (Wildman–Crippen MR) is 64.4 cm³/mol. The highest BCUT2D eigenvalue weighted by Crippen LogP contribution is 2.15. The lowest BCUT2D eigenvalue weighted by molar-refractivity contribution is -0.110. The van der Waals surface area contributed by atoms with Crippen molar-refractivity contribution in [2.45, 2.75) is 6.42 Å². The molecule has 0 N–H and O–H groups in total. The summed E-state index contributed by atoms with van der Waals surface area (Å²) < 4.78 is 5.08. The van der Waals surface area contributed by atoms with Crippen LogP contribution in [0.5, 0.6) is 5.75 Å². The van der Waals surface area contributed by atoms with Crippen LogP contribution in [0.4, 0.5) is 0 Å². The maximum absolute atomic E-state index is 11.4. The fraction of sp³-hybridized carbons (Fsp3) is 0.250. The van der Waals surface area contributed by atoms with Crippen LogP contribution in [-0.4, -0.2) is 18.0 Å². The van der Waals surface area contributed by atoms with E-state index in [4.69, 9.17) is 4.74 Å². The number of benzene rings is 1. The van der Waals surface area contributed by atoms with Gasteiger partial charge in [0.25, 0.3) is 0 Å². The molecule has 1 aromatic carbocycles. The molecule has 0 aliphatic carbocycles. The molecule has 0 heterocycles. The van der Waals surface area contributed by atoms with Gasteiger partial charge in [-0.25, -0.2) is 0 Å². The second-order valence-electron chi connectivity index (χ2n) is 3.00. The van der Waals surface area contributed by atoms with Gasteiger partial charge in [0.2, 0.25) is 0 Å². The van der Waals surface area contributed by atoms with Crippen LogP contribution >= 0.6 is 11.8 Å². The van der Waals surface area contributed by atoms with E-state index in [-0.39, 0.29) is 5.12 Å². The first-order chi connectivity index (χ1) is 7.26. The first-order valence-corrected chi connectivity index (χ1v) is 5.64. The van der Waals surface area contributed by atoms with Gasteiger partial charge in [-0.1, -0.05) is 30.0 Å². The number of hydrogen-bond donors (Lipinski definition) is 0. The first-order valence-electron chi connectivity index (χ1n) is 4.65. The first kappa shape index (κ1) is 11.9. The van der Waals surface area contributed by atoms with Gasteiger partial charge in [0.1, 0.15) is 5.75 Å². The summed E-state index contributed by atoms with van der Waals surface area (Å²) in [6, 6.07) is 7.56. The van der Waals surface area contributed by atoms with Gasteiger partial charge >= 0.3 is 0 Å². The van der Waals surface area contributed by atoms with E-state index in [0.717, 1.165) is 11.3 Å². The predicted octanol–water partition coefficient (Wildman–Crippen LogP) is 2.68. The average Bonchev–Trinajstić information content (AvgIpc) is 2.26. The lowest BCUT2D eigenvalue weighted by Gasteiger charge is -2.03. The van der Waals surface area contributed by atoms with Crippen LogP contribution in [0.1, 0.15) is 5.56 Å². The van der Waals surface area contributed by atoms with E-state index in [1.54, 1.807) is 13.2 Å². The SMILES string of the molecule is C=CCSC(=O)Cc1cccc(OC)c1. The Kier molecular flexibility index (Phi) is 4.98. The summed E-state index contributed by atoms with van der Waals surface area (Å²) in [5.74, 6) is 1.46. The van der Waals surface area contributed by atoms with Crippen molar-refractivity contribution in [1.29, 1.82) is 0 Å². The third-order valence-electron chi connectivity index (χ3n) is 1.84. The summed E-state index contributed by atoms with van der Waals surface area (Å²) in [6.07, 6.45) is 2.17. The fourth-order valence-corrected chi connectivity index (χ4v) is 1.72. The highest BCUT2D eigenvalue weighted by atomic mass is 32.2. The topological polar surface area (TPSA) is 26.3 Å². The van der Waals surface area contributed by atoms with Crippen LogP contribution in [-0.2, 0) is 11.2 Å². The molecule has 0 unspecified atom stereocenters. The smallest absolute Gasteiger partial charge is 0.193 e. The summed E-state index contributed by atoms with van der Waals surface area (Å²) in [5.41, 5.74) is 0.982. The molecule has 80 valence electrons. The Morgan fingerprint density at radius 2 is 2.40 bits per heavy atom. The summed E-state index contributed by atoms with van der Waals surface area (Å²) in [6.45, 7) is 3.57. The monoisotopic (exact) mass is 222 g/mol. The van der Waals surface area contributed by atoms with Gasteiger partial charge in [0, 0.05) is 12.2 Å². The standard InChI is InChI=1S/C12H14O2S/c1-3-7-15-12(13)9-10-5-4-6-11(8-10)14-2/h3-6,8H,1,7,9H2,2H3. The molecule has 3 heteroatoms. The Bertz CT molecular complexity index is 347.